The highest BCUT2D eigenvalue weighted by atomic mass is 31.2. The van der Waals surface area contributed by atoms with Crippen LogP contribution in [-0.4, -0.2) is 74.3 Å². The van der Waals surface area contributed by atoms with Crippen molar-refractivity contribution in [1.29, 1.82) is 0 Å². The summed E-state index contributed by atoms with van der Waals surface area (Å²) in [5.41, 5.74) is 0. The fourth-order valence-corrected chi connectivity index (χ4v) is 10.2. The van der Waals surface area contributed by atoms with Gasteiger partial charge in [-0.3, -0.25) is 18.6 Å². The summed E-state index contributed by atoms with van der Waals surface area (Å²) >= 11 is 0. The van der Waals surface area contributed by atoms with Gasteiger partial charge in [-0.25, -0.2) is 4.57 Å². The normalized spacial score (nSPS) is 14.3. The zero-order valence-corrected chi connectivity index (χ0v) is 55.6. The SMILES string of the molecule is CC/C=C\C/C=C\C/C=C\C/C=C\C/C=C\C/C=C\CCCCCCC(=O)NC(COP(=O)(O)OCC[N+](C)(C)C)C(/C=C/CCCCCCCCCCC)OC(=O)CCCCCCCCCCCCCCC/C=C\C/C=C\CCCCC. The summed E-state index contributed by atoms with van der Waals surface area (Å²) in [6.45, 7) is 6.86. The number of rotatable bonds is 61. The van der Waals surface area contributed by atoms with Crippen molar-refractivity contribution in [2.75, 3.05) is 40.9 Å². The highest BCUT2D eigenvalue weighted by molar-refractivity contribution is 7.47. The minimum atomic E-state index is -4.47. The van der Waals surface area contributed by atoms with Crippen LogP contribution in [0.3, 0.4) is 0 Å². The lowest BCUT2D eigenvalue weighted by atomic mass is 10.0. The lowest BCUT2D eigenvalue weighted by Crippen LogP contribution is -2.47. The molecule has 0 rings (SSSR count). The Balaban J connectivity index is 5.14. The molecule has 0 aromatic rings. The molecule has 83 heavy (non-hydrogen) atoms. The Bertz CT molecular complexity index is 1790. The van der Waals surface area contributed by atoms with E-state index in [4.69, 9.17) is 13.8 Å². The maximum absolute atomic E-state index is 13.6. The van der Waals surface area contributed by atoms with Crippen molar-refractivity contribution >= 4 is 19.7 Å². The van der Waals surface area contributed by atoms with E-state index in [0.29, 0.717) is 23.9 Å². The first kappa shape index (κ1) is 79.7. The average Bonchev–Trinajstić information content (AvgIpc) is 3.51. The molecule has 1 amide bonds. The monoisotopic (exact) mass is 1180 g/mol. The van der Waals surface area contributed by atoms with Crippen LogP contribution in [0, 0.1) is 0 Å². The molecule has 3 unspecified atom stereocenters. The first-order valence-corrected chi connectivity index (χ1v) is 35.7. The number of esters is 1. The van der Waals surface area contributed by atoms with Gasteiger partial charge in [-0.15, -0.1) is 0 Å². The van der Waals surface area contributed by atoms with E-state index in [1.807, 2.05) is 33.3 Å². The van der Waals surface area contributed by atoms with Crippen LogP contribution in [0.2, 0.25) is 0 Å². The van der Waals surface area contributed by atoms with E-state index in [1.165, 1.54) is 141 Å². The molecular formula is C73H130N2O7P+. The predicted octanol–water partition coefficient (Wildman–Crippen LogP) is 21.7. The molecule has 0 radical (unpaired) electrons. The molecule has 478 valence electrons. The van der Waals surface area contributed by atoms with Gasteiger partial charge >= 0.3 is 13.8 Å². The van der Waals surface area contributed by atoms with Crippen LogP contribution in [0.25, 0.3) is 0 Å². The second-order valence-electron chi connectivity index (χ2n) is 24.0. The van der Waals surface area contributed by atoms with Gasteiger partial charge in [0.05, 0.1) is 33.8 Å². The predicted molar refractivity (Wildman–Crippen MR) is 360 cm³/mol. The van der Waals surface area contributed by atoms with Crippen LogP contribution >= 0.6 is 7.82 Å². The maximum atomic E-state index is 13.6. The number of ether oxygens (including phenoxy) is 1. The van der Waals surface area contributed by atoms with Crippen LogP contribution < -0.4 is 5.32 Å². The molecule has 0 aliphatic carbocycles. The third kappa shape index (κ3) is 63.0. The number of nitrogens with one attached hydrogen (secondary N) is 1. The molecule has 0 aliphatic heterocycles. The third-order valence-electron chi connectivity index (χ3n) is 14.7. The smallest absolute Gasteiger partial charge is 0.456 e. The van der Waals surface area contributed by atoms with Gasteiger partial charge in [0.15, 0.2) is 0 Å². The van der Waals surface area contributed by atoms with Crippen LogP contribution in [0.1, 0.15) is 290 Å². The number of unbranched alkanes of at least 4 members (excludes halogenated alkanes) is 29. The molecule has 0 bridgehead atoms. The van der Waals surface area contributed by atoms with Crippen molar-refractivity contribution in [3.63, 3.8) is 0 Å². The minimum absolute atomic E-state index is 0.0300. The molecule has 0 heterocycles. The second-order valence-corrected chi connectivity index (χ2v) is 25.4. The first-order valence-electron chi connectivity index (χ1n) is 34.2. The quantitative estimate of drug-likeness (QED) is 0.0205. The Morgan fingerprint density at radius 2 is 0.771 bits per heavy atom. The standard InChI is InChI=1S/C73H129N2O7P/c1-7-10-13-16-19-22-25-27-29-31-33-35-37-39-41-43-45-47-50-53-56-59-62-65-72(76)74-70(69-81-83(78,79)80-68-67-75(4,5)6)71(64-61-58-55-52-49-24-21-18-15-12-9-3)82-73(77)66-63-60-57-54-51-48-46-44-42-40-38-36-34-32-30-28-26-23-20-17-14-11-8-2/h10,13,19-20,22-23,27-30,33,35,39,41,45,47,61,64,70-71H,7-9,11-12,14-18,21,24-26,31-32,34,36-38,40,42-44,46,48-60,62-63,65-69H2,1-6H3,(H-,74,76,78,79)/p+1/b13-10-,22-19-,23-20-,29-27-,30-28-,35-33-,41-39-,47-45-,64-61+. The number of phosphoric ester groups is 1. The Labute approximate surface area is 512 Å². The van der Waals surface area contributed by atoms with E-state index in [1.54, 1.807) is 0 Å². The number of likely N-dealkylation sites (N-methyl/N-ethyl adjacent to an activating group) is 1. The summed E-state index contributed by atoms with van der Waals surface area (Å²) in [5.74, 6) is -0.536. The van der Waals surface area contributed by atoms with E-state index in [-0.39, 0.29) is 31.5 Å². The third-order valence-corrected chi connectivity index (χ3v) is 15.7. The van der Waals surface area contributed by atoms with Gasteiger partial charge in [0.2, 0.25) is 5.91 Å². The molecule has 2 N–H and O–H groups in total. The van der Waals surface area contributed by atoms with Gasteiger partial charge in [0, 0.05) is 12.8 Å². The molecule has 0 spiro atoms. The van der Waals surface area contributed by atoms with E-state index >= 15 is 0 Å². The molecule has 9 nitrogen and oxygen atoms in total. The molecule has 0 aliphatic rings. The van der Waals surface area contributed by atoms with Crippen LogP contribution in [0.15, 0.2) is 109 Å². The van der Waals surface area contributed by atoms with E-state index in [2.05, 4.69) is 123 Å². The van der Waals surface area contributed by atoms with Crippen LogP contribution in [0.5, 0.6) is 0 Å². The fraction of sp³-hybridized carbons (Fsp3) is 0.726. The summed E-state index contributed by atoms with van der Waals surface area (Å²) in [5, 5.41) is 3.05. The number of nitrogens with zero attached hydrogens (tertiary/aromatic N) is 1. The maximum Gasteiger partial charge on any atom is 0.472 e. The average molecular weight is 1180 g/mol. The van der Waals surface area contributed by atoms with Gasteiger partial charge in [-0.2, -0.15) is 0 Å². The minimum Gasteiger partial charge on any atom is -0.456 e. The van der Waals surface area contributed by atoms with Crippen LogP contribution in [-0.2, 0) is 27.9 Å². The number of hydrogen-bond acceptors (Lipinski definition) is 6. The van der Waals surface area contributed by atoms with E-state index in [9.17, 15) is 19.0 Å². The summed E-state index contributed by atoms with van der Waals surface area (Å²) in [6, 6.07) is -0.869. The van der Waals surface area contributed by atoms with Crippen molar-refractivity contribution in [1.82, 2.24) is 5.32 Å². The van der Waals surface area contributed by atoms with Crippen molar-refractivity contribution in [3.8, 4) is 0 Å². The number of hydrogen-bond donors (Lipinski definition) is 2. The number of amides is 1. The van der Waals surface area contributed by atoms with Crippen molar-refractivity contribution in [3.05, 3.63) is 109 Å². The van der Waals surface area contributed by atoms with Crippen LogP contribution in [0.4, 0.5) is 0 Å². The lowest BCUT2D eigenvalue weighted by molar-refractivity contribution is -0.870. The summed E-state index contributed by atoms with van der Waals surface area (Å²) < 4.78 is 30.8. The number of carbonyl (C=O) groups excluding carboxylic acids is 2. The largest absolute Gasteiger partial charge is 0.472 e. The van der Waals surface area contributed by atoms with E-state index in [0.717, 1.165) is 109 Å². The Hall–Kier alpha value is -3.33. The zero-order chi connectivity index (χ0) is 60.7. The van der Waals surface area contributed by atoms with E-state index < -0.39 is 20.0 Å². The molecule has 0 saturated carbocycles. The van der Waals surface area contributed by atoms with Gasteiger partial charge in [-0.05, 0) is 115 Å². The van der Waals surface area contributed by atoms with Gasteiger partial charge in [0.25, 0.3) is 0 Å². The van der Waals surface area contributed by atoms with Gasteiger partial charge in [-0.1, -0.05) is 272 Å². The molecule has 0 saturated heterocycles. The zero-order valence-electron chi connectivity index (χ0n) is 54.7. The lowest BCUT2D eigenvalue weighted by Gasteiger charge is -2.27. The number of phosphoric acid groups is 1. The first-order chi connectivity index (χ1) is 40.4. The topological polar surface area (TPSA) is 111 Å². The molecule has 10 heteroatoms. The highest BCUT2D eigenvalue weighted by Gasteiger charge is 2.30. The molecule has 0 aromatic heterocycles. The molecule has 0 aromatic carbocycles. The summed E-state index contributed by atoms with van der Waals surface area (Å²) in [4.78, 5) is 37.8. The van der Waals surface area contributed by atoms with Crippen molar-refractivity contribution in [2.24, 2.45) is 0 Å². The molecule has 0 fully saturated rings. The molecular weight excluding hydrogens is 1050 g/mol. The van der Waals surface area contributed by atoms with Gasteiger partial charge in [0.1, 0.15) is 19.3 Å². The summed E-state index contributed by atoms with van der Waals surface area (Å²) in [7, 11) is 1.47. The summed E-state index contributed by atoms with van der Waals surface area (Å²) in [6.07, 6.45) is 85.3. The highest BCUT2D eigenvalue weighted by Crippen LogP contribution is 2.43. The second kappa shape index (κ2) is 61.7. The number of carbonyl (C=O) groups is 2. The van der Waals surface area contributed by atoms with Gasteiger partial charge < -0.3 is 19.4 Å². The fourth-order valence-electron chi connectivity index (χ4n) is 9.44. The van der Waals surface area contributed by atoms with Crippen molar-refractivity contribution < 1.29 is 37.3 Å². The Morgan fingerprint density at radius 1 is 0.434 bits per heavy atom. The Kier molecular flexibility index (Phi) is 59.3. The molecule has 3 atom stereocenters. The Morgan fingerprint density at radius 3 is 1.18 bits per heavy atom. The number of quaternary nitrogens is 1. The number of allylic oxidation sites excluding steroid dienone is 17. The van der Waals surface area contributed by atoms with Crippen molar-refractivity contribution in [2.45, 2.75) is 303 Å².